The number of rotatable bonds is 8. The van der Waals surface area contributed by atoms with E-state index < -0.39 is 75.3 Å². The molecule has 2 aliphatic heterocycles. The van der Waals surface area contributed by atoms with Crippen molar-refractivity contribution in [1.29, 1.82) is 0 Å². The molecule has 2 aliphatic carbocycles. The molecule has 3 heterocycles. The molecule has 17 heteroatoms. The zero-order valence-electron chi connectivity index (χ0n) is 30.3. The fraction of sp³-hybridized carbons (Fsp3) is 0.293. The Morgan fingerprint density at radius 1 is 0.966 bits per heavy atom. The lowest BCUT2D eigenvalue weighted by Crippen LogP contribution is -2.53. The van der Waals surface area contributed by atoms with Crippen LogP contribution in [-0.4, -0.2) is 62.4 Å². The molecule has 300 valence electrons. The predicted molar refractivity (Wildman–Crippen MR) is 208 cm³/mol. The summed E-state index contributed by atoms with van der Waals surface area (Å²) in [4.78, 5) is 63.8. The summed E-state index contributed by atoms with van der Waals surface area (Å²) in [6.07, 6.45) is -2.09. The second kappa shape index (κ2) is 14.6. The number of anilines is 1. The average Bonchev–Trinajstić information content (AvgIpc) is 3.56. The molecule has 1 saturated carbocycles. The predicted octanol–water partition coefficient (Wildman–Crippen LogP) is 7.82. The monoisotopic (exact) mass is 898 g/mol. The van der Waals surface area contributed by atoms with Crippen molar-refractivity contribution in [2.24, 2.45) is 23.7 Å². The minimum absolute atomic E-state index is 0.0450. The summed E-state index contributed by atoms with van der Waals surface area (Å²) in [6, 6.07) is 16.4. The van der Waals surface area contributed by atoms with Crippen LogP contribution >= 0.6 is 39.1 Å². The number of hydrogen-bond acceptors (Lipinski definition) is 9. The smallest absolute Gasteiger partial charge is 0.417 e. The molecule has 4 amide bonds. The number of phenols is 2. The third kappa shape index (κ3) is 6.29. The molecule has 11 nitrogen and oxygen atoms in total. The fourth-order valence-electron chi connectivity index (χ4n) is 9.29. The van der Waals surface area contributed by atoms with Gasteiger partial charge in [0.25, 0.3) is 11.8 Å². The third-order valence-corrected chi connectivity index (χ3v) is 12.8. The van der Waals surface area contributed by atoms with Gasteiger partial charge in [-0.3, -0.25) is 29.5 Å². The minimum atomic E-state index is -4.77. The van der Waals surface area contributed by atoms with Crippen LogP contribution in [-0.2, 0) is 37.2 Å². The summed E-state index contributed by atoms with van der Waals surface area (Å²) in [5.41, 5.74) is 1.41. The Morgan fingerprint density at radius 3 is 2.33 bits per heavy atom. The molecule has 0 bridgehead atoms. The Kier molecular flexibility index (Phi) is 10.00. The van der Waals surface area contributed by atoms with E-state index in [1.165, 1.54) is 30.2 Å². The largest absolute Gasteiger partial charge is 0.508 e. The molecule has 58 heavy (non-hydrogen) atoms. The first-order valence-corrected chi connectivity index (χ1v) is 19.6. The van der Waals surface area contributed by atoms with Gasteiger partial charge in [-0.25, -0.2) is 4.98 Å². The van der Waals surface area contributed by atoms with Crippen molar-refractivity contribution >= 4 is 68.6 Å². The molecule has 4 aliphatic rings. The van der Waals surface area contributed by atoms with Crippen LogP contribution in [0.2, 0.25) is 10.0 Å². The first-order chi connectivity index (χ1) is 27.6. The van der Waals surface area contributed by atoms with E-state index in [0.29, 0.717) is 44.3 Å². The number of aromatic hydroxyl groups is 2. The first kappa shape index (κ1) is 39.7. The maximum Gasteiger partial charge on any atom is 0.417 e. The minimum Gasteiger partial charge on any atom is -0.508 e. The lowest BCUT2D eigenvalue weighted by atomic mass is 9.49. The highest BCUT2D eigenvalue weighted by molar-refractivity contribution is 9.10. The van der Waals surface area contributed by atoms with Gasteiger partial charge in [0, 0.05) is 33.7 Å². The number of methoxy groups -OCH3 is 1. The molecule has 3 N–H and O–H groups in total. The molecule has 8 rings (SSSR count). The van der Waals surface area contributed by atoms with E-state index in [9.17, 15) is 37.8 Å². The second-order valence-electron chi connectivity index (χ2n) is 14.7. The molecular formula is C41H32BrCl2F3N4O7. The van der Waals surface area contributed by atoms with Gasteiger partial charge in [0.1, 0.15) is 5.75 Å². The quantitative estimate of drug-likeness (QED) is 0.119. The van der Waals surface area contributed by atoms with Crippen LogP contribution in [0.5, 0.6) is 17.2 Å². The summed E-state index contributed by atoms with van der Waals surface area (Å²) in [5, 5.41) is 22.1. The normalized spacial score (nSPS) is 25.4. The number of benzene rings is 3. The number of alkyl halides is 3. The molecule has 4 aromatic rings. The molecule has 2 saturated heterocycles. The maximum atomic E-state index is 15.4. The molecule has 6 atom stereocenters. The van der Waals surface area contributed by atoms with Gasteiger partial charge >= 0.3 is 6.18 Å². The molecule has 3 aromatic carbocycles. The lowest BCUT2D eigenvalue weighted by Gasteiger charge is -2.50. The lowest BCUT2D eigenvalue weighted by molar-refractivity contribution is -0.141. The Balaban J connectivity index is 1.28. The van der Waals surface area contributed by atoms with E-state index >= 15 is 4.79 Å². The van der Waals surface area contributed by atoms with Crippen LogP contribution in [0.15, 0.2) is 89.0 Å². The van der Waals surface area contributed by atoms with Crippen molar-refractivity contribution in [3.05, 3.63) is 121 Å². The number of fused-ring (bicyclic) bond motifs is 4. The Hall–Kier alpha value is -5.12. The Bertz CT molecular complexity index is 2420. The number of nitrogens with one attached hydrogen (secondary N) is 1. The number of hydrazine groups is 1. The van der Waals surface area contributed by atoms with E-state index in [1.54, 1.807) is 42.5 Å². The summed E-state index contributed by atoms with van der Waals surface area (Å²) in [6.45, 7) is 0.0681. The van der Waals surface area contributed by atoms with Gasteiger partial charge in [-0.15, -0.1) is 0 Å². The van der Waals surface area contributed by atoms with Crippen molar-refractivity contribution in [3.8, 4) is 17.2 Å². The number of likely N-dealkylation sites (tertiary alicyclic amines) is 1. The Morgan fingerprint density at radius 2 is 1.67 bits per heavy atom. The van der Waals surface area contributed by atoms with Crippen LogP contribution in [0.25, 0.3) is 0 Å². The van der Waals surface area contributed by atoms with Gasteiger partial charge in [0.2, 0.25) is 11.8 Å². The Labute approximate surface area is 347 Å². The topological polar surface area (TPSA) is 149 Å². The van der Waals surface area contributed by atoms with Crippen molar-refractivity contribution in [2.75, 3.05) is 19.1 Å². The number of carbonyl (C=O) groups is 4. The third-order valence-electron chi connectivity index (χ3n) is 11.8. The van der Waals surface area contributed by atoms with Crippen LogP contribution in [0.1, 0.15) is 41.0 Å². The number of ether oxygens (including phenoxy) is 1. The number of halogens is 6. The van der Waals surface area contributed by atoms with Crippen molar-refractivity contribution < 1.29 is 47.3 Å². The van der Waals surface area contributed by atoms with E-state index in [-0.39, 0.29) is 48.1 Å². The van der Waals surface area contributed by atoms with E-state index in [0.717, 1.165) is 5.56 Å². The molecule has 1 aromatic heterocycles. The summed E-state index contributed by atoms with van der Waals surface area (Å²) in [7, 11) is 1.35. The van der Waals surface area contributed by atoms with Gasteiger partial charge in [-0.05, 0) is 78.8 Å². The number of aromatic nitrogens is 1. The van der Waals surface area contributed by atoms with Crippen LogP contribution in [0, 0.1) is 23.7 Å². The molecule has 0 unspecified atom stereocenters. The number of amides is 4. The average molecular weight is 901 g/mol. The number of hydrogen-bond donors (Lipinski definition) is 3. The van der Waals surface area contributed by atoms with Crippen molar-refractivity contribution in [2.45, 2.75) is 36.8 Å². The van der Waals surface area contributed by atoms with Crippen LogP contribution < -0.4 is 10.2 Å². The van der Waals surface area contributed by atoms with Crippen LogP contribution in [0.4, 0.5) is 19.0 Å². The molecule has 3 fully saturated rings. The first-order valence-electron chi connectivity index (χ1n) is 18.1. The second-order valence-corrected chi connectivity index (χ2v) is 16.5. The van der Waals surface area contributed by atoms with Crippen LogP contribution in [0.3, 0.4) is 0 Å². The van der Waals surface area contributed by atoms with E-state index in [1.807, 2.05) is 6.08 Å². The highest BCUT2D eigenvalue weighted by Gasteiger charge is 2.70. The standard InChI is InChI=1S/C41H32BrCl2F3N4O7/c1-58-31-16-22(42)15-28(34(31)53)33-25-10-11-26-32(38(56)50(36(26)54)13-12-19-2-8-24(52)9-3-19)27(25)17-29-37(55)51(39(57)40(29,33)20-4-6-23(43)7-5-20)49-35-30(44)14-21(18-48-35)41(45,46)47/h2-10,14-16,18,26-27,29,32-33,52-53H,11-13,17H2,1H3,(H,48,49)/t26-,27+,29-,32-,33+,40+/m0/s1. The van der Waals surface area contributed by atoms with Crippen molar-refractivity contribution in [3.63, 3.8) is 0 Å². The van der Waals surface area contributed by atoms with Gasteiger partial charge in [0.05, 0.1) is 40.9 Å². The zero-order chi connectivity index (χ0) is 41.4. The number of carbonyl (C=O) groups excluding carboxylic acids is 4. The molecule has 0 spiro atoms. The number of nitrogens with zero attached hydrogens (tertiary/aromatic N) is 3. The van der Waals surface area contributed by atoms with Gasteiger partial charge < -0.3 is 14.9 Å². The highest BCUT2D eigenvalue weighted by Crippen LogP contribution is 2.65. The zero-order valence-corrected chi connectivity index (χ0v) is 33.4. The summed E-state index contributed by atoms with van der Waals surface area (Å²) < 4.78 is 46.5. The van der Waals surface area contributed by atoms with Gasteiger partial charge in [-0.1, -0.05) is 75.0 Å². The molecular weight excluding hydrogens is 868 g/mol. The van der Waals surface area contributed by atoms with E-state index in [2.05, 4.69) is 26.3 Å². The SMILES string of the molecule is COc1cc(Br)cc([C@H]2C3=CC[C@@H]4C(=O)N(CCc5ccc(O)cc5)C(=O)[C@@H]4[C@@H]3C[C@H]3C(=O)N(Nc4ncc(C(F)(F)F)cc4Cl)C(=O)[C@@]23c2ccc(Cl)cc2)c1O. The van der Waals surface area contributed by atoms with Gasteiger partial charge in [0.15, 0.2) is 17.3 Å². The fourth-order valence-corrected chi connectivity index (χ4v) is 10.1. The van der Waals surface area contributed by atoms with Gasteiger partial charge in [-0.2, -0.15) is 18.2 Å². The molecule has 0 radical (unpaired) electrons. The van der Waals surface area contributed by atoms with Crippen molar-refractivity contribution in [1.82, 2.24) is 14.9 Å². The number of phenolic OH excluding ortho intramolecular Hbond substituents is 2. The summed E-state index contributed by atoms with van der Waals surface area (Å²) in [5.74, 6) is -7.99. The number of allylic oxidation sites excluding steroid dienone is 2. The van der Waals surface area contributed by atoms with E-state index in [4.69, 9.17) is 27.9 Å². The number of imide groups is 2. The maximum absolute atomic E-state index is 15.4. The number of pyridine rings is 1. The highest BCUT2D eigenvalue weighted by atomic mass is 79.9. The summed E-state index contributed by atoms with van der Waals surface area (Å²) >= 11 is 16.1.